The zero-order valence-corrected chi connectivity index (χ0v) is 68.6. The summed E-state index contributed by atoms with van der Waals surface area (Å²) >= 11 is 2.26. The van der Waals surface area contributed by atoms with Crippen LogP contribution in [-0.2, 0) is 85.0 Å². The van der Waals surface area contributed by atoms with Crippen LogP contribution in [0.25, 0.3) is 69.3 Å². The summed E-state index contributed by atoms with van der Waals surface area (Å²) in [5.74, 6) is -12.6. The predicted molar refractivity (Wildman–Crippen MR) is 460 cm³/mol. The van der Waals surface area contributed by atoms with Crippen LogP contribution in [0.15, 0.2) is 192 Å². The molecule has 0 unspecified atom stereocenters. The summed E-state index contributed by atoms with van der Waals surface area (Å²) in [6.45, 7) is 15.6. The smallest absolute Gasteiger partial charge is 0.256 e. The summed E-state index contributed by atoms with van der Waals surface area (Å²) in [6.07, 6.45) is 13.1. The maximum atomic E-state index is 14.0. The van der Waals surface area contributed by atoms with Gasteiger partial charge in [-0.2, -0.15) is 0 Å². The van der Waals surface area contributed by atoms with Crippen molar-refractivity contribution in [1.82, 2.24) is 39.9 Å². The van der Waals surface area contributed by atoms with E-state index in [4.69, 9.17) is 29.9 Å². The van der Waals surface area contributed by atoms with Crippen LogP contribution in [0, 0.1) is 44.3 Å². The lowest BCUT2D eigenvalue weighted by Gasteiger charge is -2.20. The summed E-state index contributed by atoms with van der Waals surface area (Å²) in [5.41, 5.74) is 23.0. The van der Waals surface area contributed by atoms with Crippen molar-refractivity contribution in [2.45, 2.75) is 126 Å². The van der Waals surface area contributed by atoms with Gasteiger partial charge in [0.2, 0.25) is 23.5 Å². The van der Waals surface area contributed by atoms with Crippen LogP contribution in [0.2, 0.25) is 0 Å². The topological polar surface area (TPSA) is 220 Å². The Labute approximate surface area is 698 Å². The van der Waals surface area contributed by atoms with E-state index in [1.165, 1.54) is 22.8 Å². The third-order valence-corrected chi connectivity index (χ3v) is 20.3. The molecule has 4 aliphatic rings. The molecular formula is C95H82F7IN12O4. The molecule has 12 aromatic rings. The van der Waals surface area contributed by atoms with Gasteiger partial charge in [0.15, 0.2) is 58.2 Å². The van der Waals surface area contributed by atoms with Crippen molar-refractivity contribution >= 4 is 93.8 Å². The number of aromatic nitrogens is 8. The molecule has 4 aliphatic carbocycles. The molecule has 0 spiro atoms. The number of hydrogen-bond acceptors (Lipinski definition) is 12. The molecule has 602 valence electrons. The number of amides is 4. The Kier molecular flexibility index (Phi) is 26.6. The third kappa shape index (κ3) is 20.4. The standard InChI is InChI=1S/C24H18F5N3O.C24H21F2N3O.C24H22IN3O.C23H21N3O/c1-11(2)9-16-24(31-15-8-7-12-5-3-4-6-13(12)23(15)30-16)32-17(33)10-14-18(25)20(27)22(29)21(28)19(14)26;1-14(2)11-21-24(29-22(30)13-15-7-9-18(25)19(26)12-15)28-20-10-8-16-5-3-4-6-17(16)23(20)27-21;1-15(2)13-21-24(28-22(29)14-16-7-10-18(25)11-8-16)27-20-12-9-17-5-3-4-6-19(17)23(20)26-21;1-15(2)14-20-22(26-23(27)17-9-4-3-5-10-17)25-19-13-12-16-8-6-7-11-18(16)21(19)24-20/h3-6,9H,7-8,10H2,1-2H3,(H,31,32,33);3-7,9,11-12H,8,10,13H2,1-2H3,(H,28,29,30);3-8,10-11,13H,9,12,14H2,1-2H3,(H,27,28,29);3-11,14H,12-13H2,1-2H3,(H,25,26,27). The molecule has 0 fully saturated rings. The Morgan fingerprint density at radius 1 is 0.328 bits per heavy atom. The molecule has 4 N–H and O–H groups in total. The average molecular weight is 1720 g/mol. The number of fused-ring (bicyclic) bond motifs is 12. The lowest BCUT2D eigenvalue weighted by atomic mass is 9.92. The fourth-order valence-corrected chi connectivity index (χ4v) is 14.5. The molecule has 16 rings (SSSR count). The van der Waals surface area contributed by atoms with Crippen LogP contribution in [-0.4, -0.2) is 63.5 Å². The quantitative estimate of drug-likeness (QED) is 0.0326. The van der Waals surface area contributed by atoms with E-state index in [9.17, 15) is 49.9 Å². The number of benzene rings is 8. The highest BCUT2D eigenvalue weighted by molar-refractivity contribution is 14.1. The number of aryl methyl sites for hydroxylation is 8. The van der Waals surface area contributed by atoms with Gasteiger partial charge in [0.1, 0.15) is 22.8 Å². The monoisotopic (exact) mass is 1710 g/mol. The molecule has 4 amide bonds. The van der Waals surface area contributed by atoms with Crippen LogP contribution in [0.1, 0.15) is 150 Å². The second kappa shape index (κ2) is 37.6. The van der Waals surface area contributed by atoms with Gasteiger partial charge in [-0.3, -0.25) is 19.2 Å². The maximum Gasteiger partial charge on any atom is 0.256 e. The van der Waals surface area contributed by atoms with E-state index in [2.05, 4.69) is 96.3 Å². The Bertz CT molecular complexity index is 6070. The van der Waals surface area contributed by atoms with Gasteiger partial charge in [0, 0.05) is 37.0 Å². The van der Waals surface area contributed by atoms with Gasteiger partial charge >= 0.3 is 0 Å². The molecule has 4 heterocycles. The summed E-state index contributed by atoms with van der Waals surface area (Å²) in [7, 11) is 0. The number of allylic oxidation sites excluding steroid dienone is 4. The van der Waals surface area contributed by atoms with Gasteiger partial charge in [-0.25, -0.2) is 70.6 Å². The SMILES string of the molecule is CC(C)=Cc1nc2c(nc1NC(=O)Cc1c(F)c(F)c(F)c(F)c1F)CCc1ccccc1-2.CC(C)=Cc1nc2c(nc1NC(=O)Cc1ccc(F)c(F)c1)CCc1ccccc1-2.CC(C)=Cc1nc2c(nc1NC(=O)Cc1ccc(I)cc1)CCc1ccccc1-2.CC(C)=Cc1nc2c(nc1NC(=O)c1ccccc1)CCc1ccccc1-2. The van der Waals surface area contributed by atoms with Crippen molar-refractivity contribution in [2.24, 2.45) is 0 Å². The zero-order chi connectivity index (χ0) is 84.3. The highest BCUT2D eigenvalue weighted by atomic mass is 127. The maximum absolute atomic E-state index is 14.0. The minimum Gasteiger partial charge on any atom is -0.309 e. The van der Waals surface area contributed by atoms with E-state index in [-0.39, 0.29) is 30.0 Å². The van der Waals surface area contributed by atoms with Gasteiger partial charge < -0.3 is 21.3 Å². The largest absolute Gasteiger partial charge is 0.309 e. The molecule has 8 aromatic carbocycles. The highest BCUT2D eigenvalue weighted by Gasteiger charge is 2.30. The Hall–Kier alpha value is -12.8. The normalized spacial score (nSPS) is 12.0. The highest BCUT2D eigenvalue weighted by Crippen LogP contribution is 2.39. The summed E-state index contributed by atoms with van der Waals surface area (Å²) in [4.78, 5) is 88.5. The van der Waals surface area contributed by atoms with Crippen LogP contribution in [0.3, 0.4) is 0 Å². The van der Waals surface area contributed by atoms with E-state index < -0.39 is 58.6 Å². The number of nitrogens with one attached hydrogen (secondary N) is 4. The second-order valence-electron chi connectivity index (χ2n) is 29.9. The molecular weight excluding hydrogens is 1630 g/mol. The van der Waals surface area contributed by atoms with Crippen LogP contribution < -0.4 is 21.3 Å². The fraction of sp³-hybridized carbons (Fsp3) is 0.200. The number of rotatable bonds is 15. The first-order valence-electron chi connectivity index (χ1n) is 38.7. The molecule has 4 aromatic heterocycles. The van der Waals surface area contributed by atoms with Gasteiger partial charge in [-0.15, -0.1) is 0 Å². The number of halogens is 8. The third-order valence-electron chi connectivity index (χ3n) is 19.6. The first-order chi connectivity index (χ1) is 57.2. The van der Waals surface area contributed by atoms with Crippen LogP contribution >= 0.6 is 22.6 Å². The second-order valence-corrected chi connectivity index (χ2v) is 31.2. The summed E-state index contributed by atoms with van der Waals surface area (Å²) in [6, 6.07) is 53.1. The van der Waals surface area contributed by atoms with Crippen LogP contribution in [0.5, 0.6) is 0 Å². The summed E-state index contributed by atoms with van der Waals surface area (Å²) < 4.78 is 95.9. The minimum absolute atomic E-state index is 0.0446. The van der Waals surface area contributed by atoms with Gasteiger partial charge in [-0.1, -0.05) is 156 Å². The zero-order valence-electron chi connectivity index (χ0n) is 66.5. The Morgan fingerprint density at radius 3 is 0.975 bits per heavy atom. The number of nitrogens with zero attached hydrogens (tertiary/aromatic N) is 8. The van der Waals surface area contributed by atoms with E-state index in [1.807, 2.05) is 171 Å². The van der Waals surface area contributed by atoms with E-state index in [0.29, 0.717) is 75.6 Å². The predicted octanol–water partition coefficient (Wildman–Crippen LogP) is 21.0. The van der Waals surface area contributed by atoms with Crippen LogP contribution in [0.4, 0.5) is 54.0 Å². The fourth-order valence-electron chi connectivity index (χ4n) is 14.1. The number of carbonyl (C=O) groups is 4. The Balaban J connectivity index is 0.000000138. The van der Waals surface area contributed by atoms with Crippen molar-refractivity contribution in [1.29, 1.82) is 0 Å². The molecule has 24 heteroatoms. The van der Waals surface area contributed by atoms with Crippen molar-refractivity contribution in [2.75, 3.05) is 21.3 Å². The molecule has 0 bridgehead atoms. The first kappa shape index (κ1) is 84.1. The lowest BCUT2D eigenvalue weighted by Crippen LogP contribution is -2.21. The van der Waals surface area contributed by atoms with Gasteiger partial charge in [0.05, 0.1) is 64.8 Å². The van der Waals surface area contributed by atoms with Crippen molar-refractivity contribution in [3.63, 3.8) is 0 Å². The molecule has 0 radical (unpaired) electrons. The minimum atomic E-state index is -2.28. The number of anilines is 4. The summed E-state index contributed by atoms with van der Waals surface area (Å²) in [5, 5.41) is 11.2. The van der Waals surface area contributed by atoms with E-state index in [1.54, 1.807) is 18.2 Å². The van der Waals surface area contributed by atoms with Gasteiger partial charge in [-0.05, 0) is 223 Å². The average Bonchev–Trinajstić information content (AvgIpc) is 0.795. The molecule has 0 aliphatic heterocycles. The van der Waals surface area contributed by atoms with Crippen molar-refractivity contribution < 1.29 is 49.9 Å². The molecule has 0 saturated heterocycles. The van der Waals surface area contributed by atoms with E-state index in [0.717, 1.165) is 150 Å². The van der Waals surface area contributed by atoms with Gasteiger partial charge in [0.25, 0.3) is 5.91 Å². The molecule has 16 nitrogen and oxygen atoms in total. The molecule has 0 saturated carbocycles. The van der Waals surface area contributed by atoms with E-state index >= 15 is 0 Å². The number of hydrogen-bond donors (Lipinski definition) is 4. The van der Waals surface area contributed by atoms with Crippen molar-refractivity contribution in [3.05, 3.63) is 327 Å². The Morgan fingerprint density at radius 2 is 0.630 bits per heavy atom. The molecule has 0 atom stereocenters. The lowest BCUT2D eigenvalue weighted by molar-refractivity contribution is -0.116. The number of carbonyl (C=O) groups excluding carboxylic acids is 4. The van der Waals surface area contributed by atoms with Crippen molar-refractivity contribution in [3.8, 4) is 45.0 Å². The first-order valence-corrected chi connectivity index (χ1v) is 39.8. The molecule has 119 heavy (non-hydrogen) atoms.